The molecule has 7 heteroatoms. The number of aryl methyl sites for hydroxylation is 2. The highest BCUT2D eigenvalue weighted by Crippen LogP contribution is 2.27. The van der Waals surface area contributed by atoms with Crippen LogP contribution in [0.3, 0.4) is 0 Å². The molecule has 0 saturated heterocycles. The molecule has 0 spiro atoms. The number of anilines is 1. The van der Waals surface area contributed by atoms with Gasteiger partial charge in [0.05, 0.1) is 23.0 Å². The van der Waals surface area contributed by atoms with Crippen molar-refractivity contribution in [1.82, 2.24) is 9.78 Å². The van der Waals surface area contributed by atoms with Crippen LogP contribution in [0, 0.1) is 6.92 Å². The number of carbonyl (C=O) groups excluding carboxylic acids is 1. The average Bonchev–Trinajstić information content (AvgIpc) is 2.79. The lowest BCUT2D eigenvalue weighted by Gasteiger charge is -2.15. The molecule has 1 amide bonds. The molecule has 0 aliphatic carbocycles. The second kappa shape index (κ2) is 6.51. The van der Waals surface area contributed by atoms with Crippen molar-refractivity contribution in [2.75, 3.05) is 5.32 Å². The van der Waals surface area contributed by atoms with Gasteiger partial charge in [-0.1, -0.05) is 0 Å². The van der Waals surface area contributed by atoms with Crippen LogP contribution < -0.4 is 10.1 Å². The van der Waals surface area contributed by atoms with Crippen molar-refractivity contribution in [3.05, 3.63) is 41.2 Å². The molecule has 0 bridgehead atoms. The normalized spacial score (nSPS) is 10.7. The van der Waals surface area contributed by atoms with Crippen LogP contribution in [0.5, 0.6) is 5.75 Å². The van der Waals surface area contributed by atoms with Crippen LogP contribution in [-0.4, -0.2) is 32.9 Å². The van der Waals surface area contributed by atoms with Gasteiger partial charge in [0, 0.05) is 7.05 Å². The fraction of sp³-hybridized carbons (Fsp3) is 0.312. The number of hydrogen-bond donors (Lipinski definition) is 2. The molecule has 2 rings (SSSR count). The van der Waals surface area contributed by atoms with E-state index < -0.39 is 5.97 Å². The maximum absolute atomic E-state index is 12.4. The number of carbonyl (C=O) groups is 2. The summed E-state index contributed by atoms with van der Waals surface area (Å²) in [6.45, 7) is 5.48. The largest absolute Gasteiger partial charge is 0.489 e. The number of ether oxygens (including phenoxy) is 1. The van der Waals surface area contributed by atoms with Crippen LogP contribution >= 0.6 is 0 Å². The molecule has 0 aliphatic rings. The first-order valence-corrected chi connectivity index (χ1v) is 7.14. The topological polar surface area (TPSA) is 93.5 Å². The number of nitrogens with one attached hydrogen (secondary N) is 1. The fourth-order valence-corrected chi connectivity index (χ4v) is 2.13. The Bertz CT molecular complexity index is 750. The van der Waals surface area contributed by atoms with Gasteiger partial charge in [-0.3, -0.25) is 9.48 Å². The maximum atomic E-state index is 12.4. The van der Waals surface area contributed by atoms with Crippen molar-refractivity contribution in [2.24, 2.45) is 7.05 Å². The fourth-order valence-electron chi connectivity index (χ4n) is 2.13. The maximum Gasteiger partial charge on any atom is 0.335 e. The van der Waals surface area contributed by atoms with Crippen LogP contribution in [0.4, 0.5) is 5.69 Å². The third-order valence-electron chi connectivity index (χ3n) is 3.07. The number of rotatable bonds is 5. The van der Waals surface area contributed by atoms with E-state index in [4.69, 9.17) is 9.84 Å². The SMILES string of the molecule is Cc1cc(C(=O)Nc2cc(C(=O)O)ccc2OC(C)C)n(C)n1. The summed E-state index contributed by atoms with van der Waals surface area (Å²) in [6, 6.07) is 6.00. The Morgan fingerprint density at radius 3 is 2.52 bits per heavy atom. The standard InChI is InChI=1S/C16H19N3O4/c1-9(2)23-14-6-5-11(16(21)22)8-12(14)17-15(20)13-7-10(3)18-19(13)4/h5-9H,1-4H3,(H,17,20)(H,21,22). The van der Waals surface area contributed by atoms with Crippen LogP contribution in [0.1, 0.15) is 40.4 Å². The summed E-state index contributed by atoms with van der Waals surface area (Å²) < 4.78 is 7.09. The Balaban J connectivity index is 2.35. The zero-order valence-electron chi connectivity index (χ0n) is 13.5. The van der Waals surface area contributed by atoms with Crippen molar-refractivity contribution in [3.8, 4) is 5.75 Å². The van der Waals surface area contributed by atoms with Gasteiger partial charge in [-0.2, -0.15) is 5.10 Å². The Labute approximate surface area is 133 Å². The van der Waals surface area contributed by atoms with Crippen LogP contribution in [0.25, 0.3) is 0 Å². The van der Waals surface area contributed by atoms with Gasteiger partial charge in [-0.25, -0.2) is 4.79 Å². The van der Waals surface area contributed by atoms with Gasteiger partial charge in [0.15, 0.2) is 0 Å². The molecule has 0 atom stereocenters. The molecule has 2 N–H and O–H groups in total. The highest BCUT2D eigenvalue weighted by Gasteiger charge is 2.16. The molecule has 1 aromatic heterocycles. The lowest BCUT2D eigenvalue weighted by molar-refractivity contribution is 0.0696. The molecule has 0 aliphatic heterocycles. The molecule has 0 saturated carbocycles. The number of carboxylic acid groups (broad SMARTS) is 1. The predicted octanol–water partition coefficient (Wildman–Crippen LogP) is 2.47. The molecule has 1 heterocycles. The van der Waals surface area contributed by atoms with Crippen molar-refractivity contribution < 1.29 is 19.4 Å². The van der Waals surface area contributed by atoms with Gasteiger partial charge in [0.2, 0.25) is 0 Å². The number of nitrogens with zero attached hydrogens (tertiary/aromatic N) is 2. The summed E-state index contributed by atoms with van der Waals surface area (Å²) in [6.07, 6.45) is -0.111. The summed E-state index contributed by atoms with van der Waals surface area (Å²) in [5.74, 6) is -1.05. The first-order valence-electron chi connectivity index (χ1n) is 7.14. The van der Waals surface area contributed by atoms with Gasteiger partial charge in [0.25, 0.3) is 5.91 Å². The molecule has 122 valence electrons. The predicted molar refractivity (Wildman–Crippen MR) is 85.1 cm³/mol. The minimum atomic E-state index is -1.08. The van der Waals surface area contributed by atoms with Gasteiger partial charge in [-0.15, -0.1) is 0 Å². The van der Waals surface area contributed by atoms with E-state index in [0.717, 1.165) is 5.69 Å². The van der Waals surface area contributed by atoms with E-state index in [9.17, 15) is 9.59 Å². The monoisotopic (exact) mass is 317 g/mol. The van der Waals surface area contributed by atoms with Gasteiger partial charge < -0.3 is 15.2 Å². The highest BCUT2D eigenvalue weighted by molar-refractivity contribution is 6.04. The van der Waals surface area contributed by atoms with Crippen LogP contribution in [0.15, 0.2) is 24.3 Å². The second-order valence-corrected chi connectivity index (χ2v) is 5.43. The van der Waals surface area contributed by atoms with Crippen molar-refractivity contribution in [2.45, 2.75) is 26.9 Å². The van der Waals surface area contributed by atoms with E-state index in [1.165, 1.54) is 22.9 Å². The van der Waals surface area contributed by atoms with Gasteiger partial charge in [0.1, 0.15) is 11.4 Å². The Morgan fingerprint density at radius 2 is 2.00 bits per heavy atom. The second-order valence-electron chi connectivity index (χ2n) is 5.43. The first kappa shape index (κ1) is 16.5. The molecule has 23 heavy (non-hydrogen) atoms. The van der Waals surface area contributed by atoms with Crippen molar-refractivity contribution in [1.29, 1.82) is 0 Å². The zero-order chi connectivity index (χ0) is 17.1. The summed E-state index contributed by atoms with van der Waals surface area (Å²) in [5.41, 5.74) is 1.47. The number of benzene rings is 1. The molecule has 7 nitrogen and oxygen atoms in total. The number of aromatic carboxylic acids is 1. The number of hydrogen-bond acceptors (Lipinski definition) is 4. The van der Waals surface area contributed by atoms with Crippen LogP contribution in [-0.2, 0) is 7.05 Å². The molecule has 0 unspecified atom stereocenters. The van der Waals surface area contributed by atoms with E-state index >= 15 is 0 Å². The van der Waals surface area contributed by atoms with E-state index in [0.29, 0.717) is 17.1 Å². The highest BCUT2D eigenvalue weighted by atomic mass is 16.5. The zero-order valence-corrected chi connectivity index (χ0v) is 13.5. The summed E-state index contributed by atoms with van der Waals surface area (Å²) in [5, 5.41) is 15.9. The molecule has 0 fully saturated rings. The summed E-state index contributed by atoms with van der Waals surface area (Å²) in [4.78, 5) is 23.5. The third-order valence-corrected chi connectivity index (χ3v) is 3.07. The minimum absolute atomic E-state index is 0.0672. The van der Waals surface area contributed by atoms with E-state index in [2.05, 4.69) is 10.4 Å². The third kappa shape index (κ3) is 3.88. The smallest absolute Gasteiger partial charge is 0.335 e. The quantitative estimate of drug-likeness (QED) is 0.883. The first-order chi connectivity index (χ1) is 10.8. The van der Waals surface area contributed by atoms with E-state index in [1.807, 2.05) is 13.8 Å². The van der Waals surface area contributed by atoms with Gasteiger partial charge in [-0.05, 0) is 45.0 Å². The molecule has 0 radical (unpaired) electrons. The van der Waals surface area contributed by atoms with E-state index in [-0.39, 0.29) is 17.6 Å². The minimum Gasteiger partial charge on any atom is -0.489 e. The number of aromatic nitrogens is 2. The van der Waals surface area contributed by atoms with Crippen molar-refractivity contribution in [3.63, 3.8) is 0 Å². The molecule has 1 aromatic carbocycles. The number of amides is 1. The molecular weight excluding hydrogens is 298 g/mol. The van der Waals surface area contributed by atoms with Gasteiger partial charge >= 0.3 is 5.97 Å². The average molecular weight is 317 g/mol. The Hall–Kier alpha value is -2.83. The number of carboxylic acids is 1. The Morgan fingerprint density at radius 1 is 1.30 bits per heavy atom. The Kier molecular flexibility index (Phi) is 4.68. The molecule has 2 aromatic rings. The van der Waals surface area contributed by atoms with Crippen molar-refractivity contribution >= 4 is 17.6 Å². The lowest BCUT2D eigenvalue weighted by Crippen LogP contribution is -2.18. The summed E-state index contributed by atoms with van der Waals surface area (Å²) >= 11 is 0. The van der Waals surface area contributed by atoms with E-state index in [1.54, 1.807) is 20.0 Å². The lowest BCUT2D eigenvalue weighted by atomic mass is 10.1. The summed E-state index contributed by atoms with van der Waals surface area (Å²) in [7, 11) is 1.67. The van der Waals surface area contributed by atoms with Crippen LogP contribution in [0.2, 0.25) is 0 Å². The molecular formula is C16H19N3O4.